The van der Waals surface area contributed by atoms with Crippen LogP contribution in [0.2, 0.25) is 0 Å². The third kappa shape index (κ3) is 3.31. The molecule has 0 aliphatic carbocycles. The van der Waals surface area contributed by atoms with Crippen LogP contribution in [0, 0.1) is 12.8 Å². The number of para-hydroxylation sites is 1. The molecule has 0 radical (unpaired) electrons. The fourth-order valence-corrected chi connectivity index (χ4v) is 2.73. The van der Waals surface area contributed by atoms with Gasteiger partial charge < -0.3 is 15.3 Å². The van der Waals surface area contributed by atoms with Crippen LogP contribution in [-0.4, -0.2) is 42.1 Å². The molecule has 0 spiro atoms. The number of rotatable bonds is 4. The number of carbonyl (C=O) groups is 1. The molecule has 1 amide bonds. The zero-order valence-electron chi connectivity index (χ0n) is 12.4. The average Bonchev–Trinajstić information content (AvgIpc) is 2.48. The van der Waals surface area contributed by atoms with Crippen LogP contribution in [0.15, 0.2) is 18.2 Å². The van der Waals surface area contributed by atoms with Crippen molar-refractivity contribution in [1.29, 1.82) is 0 Å². The van der Waals surface area contributed by atoms with E-state index in [1.807, 2.05) is 30.9 Å². The molecule has 0 atom stereocenters. The zero-order valence-corrected chi connectivity index (χ0v) is 12.4. The summed E-state index contributed by atoms with van der Waals surface area (Å²) in [6, 6.07) is 5.34. The monoisotopic (exact) mass is 276 g/mol. The van der Waals surface area contributed by atoms with Gasteiger partial charge >= 0.3 is 0 Å². The number of hydrogen-bond acceptors (Lipinski definition) is 3. The van der Waals surface area contributed by atoms with Crippen LogP contribution in [0.4, 0.5) is 0 Å². The molecule has 20 heavy (non-hydrogen) atoms. The number of aryl methyl sites for hydroxylation is 1. The van der Waals surface area contributed by atoms with Gasteiger partial charge in [-0.25, -0.2) is 0 Å². The number of piperidine rings is 1. The van der Waals surface area contributed by atoms with Gasteiger partial charge in [0.15, 0.2) is 0 Å². The second-order valence-electron chi connectivity index (χ2n) is 5.51. The van der Waals surface area contributed by atoms with Crippen molar-refractivity contribution in [2.75, 3.05) is 26.2 Å². The fraction of sp³-hybridized carbons (Fsp3) is 0.562. The Morgan fingerprint density at radius 3 is 2.75 bits per heavy atom. The molecule has 0 bridgehead atoms. The molecule has 4 nitrogen and oxygen atoms in total. The molecule has 1 aliphatic rings. The maximum absolute atomic E-state index is 12.6. The molecule has 0 aromatic heterocycles. The van der Waals surface area contributed by atoms with Crippen LogP contribution in [0.25, 0.3) is 0 Å². The van der Waals surface area contributed by atoms with Crippen molar-refractivity contribution in [3.05, 3.63) is 29.3 Å². The molecule has 1 aromatic rings. The molecule has 0 saturated carbocycles. The summed E-state index contributed by atoms with van der Waals surface area (Å²) >= 11 is 0. The van der Waals surface area contributed by atoms with E-state index in [4.69, 9.17) is 0 Å². The number of nitrogens with zero attached hydrogens (tertiary/aromatic N) is 1. The number of phenolic OH excluding ortho intramolecular Hbond substituents is 1. The summed E-state index contributed by atoms with van der Waals surface area (Å²) in [7, 11) is 0. The maximum atomic E-state index is 12.6. The van der Waals surface area contributed by atoms with Crippen LogP contribution in [0.5, 0.6) is 5.75 Å². The van der Waals surface area contributed by atoms with Crippen molar-refractivity contribution in [3.8, 4) is 5.75 Å². The summed E-state index contributed by atoms with van der Waals surface area (Å²) < 4.78 is 0. The predicted octanol–water partition coefficient (Wildman–Crippen LogP) is 2.16. The van der Waals surface area contributed by atoms with Crippen molar-refractivity contribution >= 4 is 5.91 Å². The van der Waals surface area contributed by atoms with Gasteiger partial charge in [0, 0.05) is 13.1 Å². The third-order valence-corrected chi connectivity index (χ3v) is 4.07. The molecule has 2 rings (SSSR count). The van der Waals surface area contributed by atoms with Crippen molar-refractivity contribution in [2.24, 2.45) is 5.92 Å². The van der Waals surface area contributed by atoms with Crippen molar-refractivity contribution < 1.29 is 9.90 Å². The Morgan fingerprint density at radius 1 is 1.40 bits per heavy atom. The quantitative estimate of drug-likeness (QED) is 0.886. The molecule has 110 valence electrons. The summed E-state index contributed by atoms with van der Waals surface area (Å²) in [5.41, 5.74) is 1.16. The molecule has 4 heteroatoms. The van der Waals surface area contributed by atoms with Gasteiger partial charge in [0.2, 0.25) is 0 Å². The van der Waals surface area contributed by atoms with E-state index in [0.29, 0.717) is 18.0 Å². The zero-order chi connectivity index (χ0) is 14.5. The lowest BCUT2D eigenvalue weighted by Crippen LogP contribution is -2.39. The van der Waals surface area contributed by atoms with Crippen LogP contribution >= 0.6 is 0 Å². The summed E-state index contributed by atoms with van der Waals surface area (Å²) in [6.45, 7) is 7.33. The largest absolute Gasteiger partial charge is 0.507 e. The normalized spacial score (nSPS) is 16.1. The van der Waals surface area contributed by atoms with E-state index in [9.17, 15) is 9.90 Å². The number of nitrogens with one attached hydrogen (secondary N) is 1. The number of hydrogen-bond donors (Lipinski definition) is 2. The number of phenols is 1. The highest BCUT2D eigenvalue weighted by molar-refractivity contribution is 5.97. The molecule has 1 fully saturated rings. The Hall–Kier alpha value is -1.55. The van der Waals surface area contributed by atoms with Crippen molar-refractivity contribution in [2.45, 2.75) is 26.7 Å². The number of aromatic hydroxyl groups is 1. The molecule has 1 aliphatic heterocycles. The molecule has 1 aromatic carbocycles. The Balaban J connectivity index is 2.10. The smallest absolute Gasteiger partial charge is 0.257 e. The Labute approximate surface area is 120 Å². The van der Waals surface area contributed by atoms with Gasteiger partial charge in [-0.1, -0.05) is 12.1 Å². The van der Waals surface area contributed by atoms with Gasteiger partial charge in [0.1, 0.15) is 5.75 Å². The van der Waals surface area contributed by atoms with Gasteiger partial charge in [0.05, 0.1) is 5.56 Å². The van der Waals surface area contributed by atoms with Crippen LogP contribution in [0.3, 0.4) is 0 Å². The first kappa shape index (κ1) is 14.9. The minimum absolute atomic E-state index is 0.0627. The fourth-order valence-electron chi connectivity index (χ4n) is 2.73. The predicted molar refractivity (Wildman–Crippen MR) is 80.0 cm³/mol. The highest BCUT2D eigenvalue weighted by atomic mass is 16.3. The van der Waals surface area contributed by atoms with E-state index in [-0.39, 0.29) is 11.7 Å². The van der Waals surface area contributed by atoms with E-state index in [1.54, 1.807) is 6.07 Å². The second-order valence-corrected chi connectivity index (χ2v) is 5.51. The first-order valence-electron chi connectivity index (χ1n) is 7.42. The Morgan fingerprint density at radius 2 is 2.10 bits per heavy atom. The van der Waals surface area contributed by atoms with E-state index in [2.05, 4.69) is 5.32 Å². The van der Waals surface area contributed by atoms with E-state index >= 15 is 0 Å². The first-order chi connectivity index (χ1) is 9.63. The van der Waals surface area contributed by atoms with Crippen molar-refractivity contribution in [1.82, 2.24) is 10.2 Å². The van der Waals surface area contributed by atoms with Crippen molar-refractivity contribution in [3.63, 3.8) is 0 Å². The van der Waals surface area contributed by atoms with Gasteiger partial charge in [-0.3, -0.25) is 4.79 Å². The van der Waals surface area contributed by atoms with Gasteiger partial charge in [-0.15, -0.1) is 0 Å². The van der Waals surface area contributed by atoms with E-state index in [0.717, 1.165) is 38.0 Å². The molecule has 1 saturated heterocycles. The highest BCUT2D eigenvalue weighted by Crippen LogP contribution is 2.24. The second kappa shape index (κ2) is 6.75. The standard InChI is InChI=1S/C16H24N2O2/c1-3-18(11-13-7-9-17-10-8-13)16(20)14-6-4-5-12(2)15(14)19/h4-6,13,17,19H,3,7-11H2,1-2H3. The lowest BCUT2D eigenvalue weighted by Gasteiger charge is -2.29. The Kier molecular flexibility index (Phi) is 5.01. The summed E-state index contributed by atoms with van der Waals surface area (Å²) in [5, 5.41) is 13.4. The lowest BCUT2D eigenvalue weighted by molar-refractivity contribution is 0.0723. The lowest BCUT2D eigenvalue weighted by atomic mass is 9.97. The molecular weight excluding hydrogens is 252 g/mol. The summed E-state index contributed by atoms with van der Waals surface area (Å²) in [4.78, 5) is 14.4. The third-order valence-electron chi connectivity index (χ3n) is 4.07. The summed E-state index contributed by atoms with van der Waals surface area (Å²) in [5.74, 6) is 0.612. The summed E-state index contributed by atoms with van der Waals surface area (Å²) in [6.07, 6.45) is 2.23. The number of carbonyl (C=O) groups excluding carboxylic acids is 1. The van der Waals surface area contributed by atoms with Crippen LogP contribution in [0.1, 0.15) is 35.7 Å². The van der Waals surface area contributed by atoms with Gasteiger partial charge in [-0.05, 0) is 57.3 Å². The van der Waals surface area contributed by atoms with Crippen LogP contribution in [-0.2, 0) is 0 Å². The number of benzene rings is 1. The highest BCUT2D eigenvalue weighted by Gasteiger charge is 2.22. The number of amides is 1. The maximum Gasteiger partial charge on any atom is 0.257 e. The van der Waals surface area contributed by atoms with E-state index < -0.39 is 0 Å². The first-order valence-corrected chi connectivity index (χ1v) is 7.42. The molecule has 2 N–H and O–H groups in total. The van der Waals surface area contributed by atoms with Gasteiger partial charge in [-0.2, -0.15) is 0 Å². The SMILES string of the molecule is CCN(CC1CCNCC1)C(=O)c1cccc(C)c1O. The average molecular weight is 276 g/mol. The van der Waals surface area contributed by atoms with Gasteiger partial charge in [0.25, 0.3) is 5.91 Å². The minimum Gasteiger partial charge on any atom is -0.507 e. The molecule has 0 unspecified atom stereocenters. The molecular formula is C16H24N2O2. The van der Waals surface area contributed by atoms with E-state index in [1.165, 1.54) is 0 Å². The minimum atomic E-state index is -0.0627. The topological polar surface area (TPSA) is 52.6 Å². The molecule has 1 heterocycles. The Bertz CT molecular complexity index is 468. The van der Waals surface area contributed by atoms with Crippen LogP contribution < -0.4 is 5.32 Å².